The minimum absolute atomic E-state index is 0.414. The zero-order valence-electron chi connectivity index (χ0n) is 24.8. The molecule has 208 valence electrons. The molecule has 3 N–H and O–H groups in total. The van der Waals surface area contributed by atoms with Gasteiger partial charge in [0, 0.05) is 17.9 Å². The lowest BCUT2D eigenvalue weighted by atomic mass is 9.97. The van der Waals surface area contributed by atoms with E-state index in [9.17, 15) is 0 Å². The molecule has 0 saturated heterocycles. The highest BCUT2D eigenvalue weighted by molar-refractivity contribution is 5.48. The van der Waals surface area contributed by atoms with Gasteiger partial charge in [0.15, 0.2) is 0 Å². The minimum atomic E-state index is 0.414. The summed E-state index contributed by atoms with van der Waals surface area (Å²) in [5, 5.41) is 3.35. The van der Waals surface area contributed by atoms with Crippen LogP contribution in [0.15, 0.2) is 104 Å². The molecule has 0 aliphatic rings. The SMILES string of the molecule is C=C(N)/C=C/CCC(C)/C=C/c1ccccc1.C=CCCNC(=C)[C@H](C)Cc1ccc(OC)c(C)c1.CC. The standard InChI is InChI=1S/C17H25NO.C16H21N.C2H6/c1-6-7-10-18-15(4)13(2)11-16-8-9-17(19-5)14(3)12-16;1-14(8-6-7-9-15(2)17)12-13-16-10-4-3-5-11-16;1-2/h6,8-9,12-13,18H,1,4,7,10-11H2,2-3,5H3;3-5,7,9-14H,2,6,8,17H2,1H3;1-2H3/b;9-7+,13-12+;/t13-;;/m1../s1. The zero-order chi connectivity index (χ0) is 28.8. The summed E-state index contributed by atoms with van der Waals surface area (Å²) in [6.45, 7) is 22.9. The van der Waals surface area contributed by atoms with Gasteiger partial charge in [-0.25, -0.2) is 0 Å². The quantitative estimate of drug-likeness (QED) is 0.150. The van der Waals surface area contributed by atoms with Gasteiger partial charge in [0.25, 0.3) is 0 Å². The molecule has 0 saturated carbocycles. The average Bonchev–Trinajstić information content (AvgIpc) is 2.92. The van der Waals surface area contributed by atoms with Gasteiger partial charge in [-0.15, -0.1) is 6.58 Å². The molecular formula is C35H52N2O. The second kappa shape index (κ2) is 21.6. The van der Waals surface area contributed by atoms with E-state index >= 15 is 0 Å². The Kier molecular flexibility index (Phi) is 19.6. The molecule has 0 heterocycles. The summed E-state index contributed by atoms with van der Waals surface area (Å²) in [4.78, 5) is 0. The van der Waals surface area contributed by atoms with E-state index in [0.717, 1.165) is 43.7 Å². The molecule has 1 unspecified atom stereocenters. The first kappa shape index (κ1) is 34.5. The Morgan fingerprint density at radius 2 is 1.74 bits per heavy atom. The number of allylic oxidation sites excluding steroid dienone is 4. The highest BCUT2D eigenvalue weighted by Gasteiger charge is 2.08. The fourth-order valence-corrected chi connectivity index (χ4v) is 3.58. The molecule has 38 heavy (non-hydrogen) atoms. The van der Waals surface area contributed by atoms with Crippen molar-refractivity contribution >= 4 is 6.08 Å². The fraction of sp³-hybridized carbons (Fsp3) is 0.371. The minimum Gasteiger partial charge on any atom is -0.496 e. The molecule has 0 spiro atoms. The summed E-state index contributed by atoms with van der Waals surface area (Å²) in [7, 11) is 1.70. The van der Waals surface area contributed by atoms with E-state index in [1.165, 1.54) is 16.7 Å². The van der Waals surface area contributed by atoms with Gasteiger partial charge in [-0.1, -0.05) is 108 Å². The predicted molar refractivity (Wildman–Crippen MR) is 170 cm³/mol. The van der Waals surface area contributed by atoms with Crippen molar-refractivity contribution in [2.45, 2.75) is 60.3 Å². The third-order valence-electron chi connectivity index (χ3n) is 5.83. The first-order valence-corrected chi connectivity index (χ1v) is 13.8. The molecular weight excluding hydrogens is 464 g/mol. The van der Waals surface area contributed by atoms with Crippen molar-refractivity contribution in [2.75, 3.05) is 13.7 Å². The maximum Gasteiger partial charge on any atom is 0.121 e. The summed E-state index contributed by atoms with van der Waals surface area (Å²) in [5.74, 6) is 1.93. The van der Waals surface area contributed by atoms with Crippen LogP contribution in [0.1, 0.15) is 63.6 Å². The Labute approximate surface area is 233 Å². The van der Waals surface area contributed by atoms with Crippen molar-refractivity contribution in [3.05, 3.63) is 121 Å². The van der Waals surface area contributed by atoms with Gasteiger partial charge in [0.2, 0.25) is 0 Å². The number of ether oxygens (including phenoxy) is 1. The van der Waals surface area contributed by atoms with Gasteiger partial charge in [-0.3, -0.25) is 0 Å². The Hall–Kier alpha value is -3.46. The summed E-state index contributed by atoms with van der Waals surface area (Å²) in [6, 6.07) is 16.7. The van der Waals surface area contributed by atoms with E-state index < -0.39 is 0 Å². The number of aryl methyl sites for hydroxylation is 1. The maximum atomic E-state index is 5.45. The predicted octanol–water partition coefficient (Wildman–Crippen LogP) is 9.03. The van der Waals surface area contributed by atoms with Crippen molar-refractivity contribution < 1.29 is 4.74 Å². The Bertz CT molecular complexity index is 988. The molecule has 2 aromatic carbocycles. The molecule has 0 amide bonds. The van der Waals surface area contributed by atoms with E-state index in [4.69, 9.17) is 10.5 Å². The van der Waals surface area contributed by atoms with Crippen molar-refractivity contribution in [1.29, 1.82) is 0 Å². The van der Waals surface area contributed by atoms with Crippen LogP contribution in [0.2, 0.25) is 0 Å². The van der Waals surface area contributed by atoms with E-state index in [2.05, 4.69) is 100 Å². The van der Waals surface area contributed by atoms with Gasteiger partial charge < -0.3 is 15.8 Å². The number of nitrogens with one attached hydrogen (secondary N) is 1. The molecule has 2 rings (SSSR count). The highest BCUT2D eigenvalue weighted by Crippen LogP contribution is 2.21. The topological polar surface area (TPSA) is 47.3 Å². The molecule has 3 nitrogen and oxygen atoms in total. The normalized spacial score (nSPS) is 11.9. The second-order valence-electron chi connectivity index (χ2n) is 9.24. The van der Waals surface area contributed by atoms with Crippen LogP contribution in [0.5, 0.6) is 5.75 Å². The Morgan fingerprint density at radius 1 is 1.05 bits per heavy atom. The van der Waals surface area contributed by atoms with Gasteiger partial charge >= 0.3 is 0 Å². The summed E-state index contributed by atoms with van der Waals surface area (Å²) in [6.07, 6.45) is 14.4. The largest absolute Gasteiger partial charge is 0.496 e. The lowest BCUT2D eigenvalue weighted by Crippen LogP contribution is -2.20. The van der Waals surface area contributed by atoms with Gasteiger partial charge in [-0.05, 0) is 73.3 Å². The number of hydrogen-bond acceptors (Lipinski definition) is 3. The fourth-order valence-electron chi connectivity index (χ4n) is 3.58. The number of benzene rings is 2. The van der Waals surface area contributed by atoms with Gasteiger partial charge in [-0.2, -0.15) is 0 Å². The summed E-state index contributed by atoms with van der Waals surface area (Å²) >= 11 is 0. The van der Waals surface area contributed by atoms with Crippen LogP contribution in [-0.4, -0.2) is 13.7 Å². The van der Waals surface area contributed by atoms with Crippen LogP contribution in [0.25, 0.3) is 6.08 Å². The van der Waals surface area contributed by atoms with Crippen LogP contribution in [0, 0.1) is 18.8 Å². The van der Waals surface area contributed by atoms with E-state index in [0.29, 0.717) is 17.5 Å². The van der Waals surface area contributed by atoms with Crippen LogP contribution in [0.4, 0.5) is 0 Å². The lowest BCUT2D eigenvalue weighted by Gasteiger charge is -2.17. The van der Waals surface area contributed by atoms with Gasteiger partial charge in [0.05, 0.1) is 7.11 Å². The molecule has 0 bridgehead atoms. The number of methoxy groups -OCH3 is 1. The zero-order valence-corrected chi connectivity index (χ0v) is 24.8. The third kappa shape index (κ3) is 16.3. The molecule has 0 fully saturated rings. The summed E-state index contributed by atoms with van der Waals surface area (Å²) in [5.41, 5.74) is 10.9. The van der Waals surface area contributed by atoms with Crippen LogP contribution >= 0.6 is 0 Å². The average molecular weight is 517 g/mol. The van der Waals surface area contributed by atoms with Crippen LogP contribution in [-0.2, 0) is 6.42 Å². The molecule has 0 aromatic heterocycles. The number of rotatable bonds is 14. The molecule has 0 aliphatic carbocycles. The molecule has 2 atom stereocenters. The first-order chi connectivity index (χ1) is 18.3. The Morgan fingerprint density at radius 3 is 2.32 bits per heavy atom. The molecule has 3 heteroatoms. The number of hydrogen-bond donors (Lipinski definition) is 2. The molecule has 0 aliphatic heterocycles. The Balaban J connectivity index is 0.000000680. The smallest absolute Gasteiger partial charge is 0.121 e. The lowest BCUT2D eigenvalue weighted by molar-refractivity contribution is 0.411. The van der Waals surface area contributed by atoms with E-state index in [-0.39, 0.29) is 0 Å². The first-order valence-electron chi connectivity index (χ1n) is 13.8. The van der Waals surface area contributed by atoms with Crippen molar-refractivity contribution in [1.82, 2.24) is 5.32 Å². The van der Waals surface area contributed by atoms with Crippen molar-refractivity contribution in [2.24, 2.45) is 17.6 Å². The van der Waals surface area contributed by atoms with Crippen molar-refractivity contribution in [3.8, 4) is 5.75 Å². The number of nitrogens with two attached hydrogens (primary N) is 1. The van der Waals surface area contributed by atoms with Crippen molar-refractivity contribution in [3.63, 3.8) is 0 Å². The molecule has 0 radical (unpaired) electrons. The third-order valence-corrected chi connectivity index (χ3v) is 5.83. The maximum absolute atomic E-state index is 5.45. The van der Waals surface area contributed by atoms with E-state index in [1.54, 1.807) is 7.11 Å². The van der Waals surface area contributed by atoms with Gasteiger partial charge in [0.1, 0.15) is 5.75 Å². The monoisotopic (exact) mass is 516 g/mol. The molecule has 2 aromatic rings. The summed E-state index contributed by atoms with van der Waals surface area (Å²) < 4.78 is 5.28. The van der Waals surface area contributed by atoms with Crippen LogP contribution < -0.4 is 15.8 Å². The van der Waals surface area contributed by atoms with E-state index in [1.807, 2.05) is 38.1 Å². The highest BCUT2D eigenvalue weighted by atomic mass is 16.5. The second-order valence-corrected chi connectivity index (χ2v) is 9.24. The van der Waals surface area contributed by atoms with Crippen LogP contribution in [0.3, 0.4) is 0 Å².